The van der Waals surface area contributed by atoms with Crippen LogP contribution in [-0.4, -0.2) is 20.3 Å². The van der Waals surface area contributed by atoms with E-state index in [-0.39, 0.29) is 6.03 Å². The molecule has 2 N–H and O–H groups in total. The van der Waals surface area contributed by atoms with Gasteiger partial charge in [0.1, 0.15) is 11.5 Å². The maximum absolute atomic E-state index is 12.0. The summed E-state index contributed by atoms with van der Waals surface area (Å²) in [4.78, 5) is 12.0. The van der Waals surface area contributed by atoms with Gasteiger partial charge in [-0.05, 0) is 30.7 Å². The molecule has 0 aliphatic heterocycles. The molecule has 0 bridgehead atoms. The van der Waals surface area contributed by atoms with E-state index in [1.807, 2.05) is 37.3 Å². The van der Waals surface area contributed by atoms with Crippen molar-refractivity contribution in [2.24, 2.45) is 0 Å². The van der Waals surface area contributed by atoms with Crippen LogP contribution in [0.4, 0.5) is 10.5 Å². The maximum atomic E-state index is 12.0. The predicted octanol–water partition coefficient (Wildman–Crippen LogP) is 3.80. The van der Waals surface area contributed by atoms with E-state index in [9.17, 15) is 4.79 Å². The molecule has 2 aromatic rings. The van der Waals surface area contributed by atoms with E-state index < -0.39 is 0 Å². The van der Waals surface area contributed by atoms with Crippen molar-refractivity contribution in [3.05, 3.63) is 59.8 Å². The van der Waals surface area contributed by atoms with Gasteiger partial charge in [0.2, 0.25) is 0 Å². The monoisotopic (exact) mass is 312 g/mol. The van der Waals surface area contributed by atoms with Crippen molar-refractivity contribution >= 4 is 17.8 Å². The Kier molecular flexibility index (Phi) is 5.63. The van der Waals surface area contributed by atoms with Crippen LogP contribution in [0.15, 0.2) is 48.7 Å². The molecule has 120 valence electrons. The van der Waals surface area contributed by atoms with Gasteiger partial charge >= 0.3 is 6.03 Å². The number of hydrogen-bond donors (Lipinski definition) is 2. The van der Waals surface area contributed by atoms with Crippen LogP contribution >= 0.6 is 0 Å². The highest BCUT2D eigenvalue weighted by Gasteiger charge is 2.07. The number of anilines is 1. The normalized spacial score (nSPS) is 10.4. The van der Waals surface area contributed by atoms with Crippen LogP contribution < -0.4 is 20.1 Å². The summed E-state index contributed by atoms with van der Waals surface area (Å²) in [5.74, 6) is 1.19. The Hall–Kier alpha value is -2.95. The highest BCUT2D eigenvalue weighted by atomic mass is 16.5. The van der Waals surface area contributed by atoms with Gasteiger partial charge in [-0.25, -0.2) is 4.79 Å². The fourth-order valence-corrected chi connectivity index (χ4v) is 2.06. The van der Waals surface area contributed by atoms with Crippen LogP contribution in [0, 0.1) is 6.92 Å². The number of urea groups is 1. The third kappa shape index (κ3) is 4.78. The van der Waals surface area contributed by atoms with E-state index in [0.29, 0.717) is 17.2 Å². The van der Waals surface area contributed by atoms with Gasteiger partial charge in [-0.3, -0.25) is 0 Å². The number of carbonyl (C=O) groups excluding carboxylic acids is 1. The molecule has 5 nitrogen and oxygen atoms in total. The average molecular weight is 312 g/mol. The summed E-state index contributed by atoms with van der Waals surface area (Å²) in [5, 5.41) is 5.39. The van der Waals surface area contributed by atoms with Crippen molar-refractivity contribution < 1.29 is 14.3 Å². The average Bonchev–Trinajstić information content (AvgIpc) is 2.55. The van der Waals surface area contributed by atoms with Crippen LogP contribution in [0.25, 0.3) is 6.08 Å². The van der Waals surface area contributed by atoms with Gasteiger partial charge in [0.15, 0.2) is 0 Å². The zero-order valence-electron chi connectivity index (χ0n) is 13.4. The third-order valence-corrected chi connectivity index (χ3v) is 3.19. The standard InChI is InChI=1S/C18H20N2O3/c1-13-5-4-6-14(11-13)9-10-19-18(21)20-16-12-15(22-2)7-8-17(16)23-3/h4-12H,1-3H3,(H2,19,20,21)/b10-9+. The van der Waals surface area contributed by atoms with Crippen molar-refractivity contribution in [3.8, 4) is 11.5 Å². The number of benzene rings is 2. The Morgan fingerprint density at radius 2 is 1.91 bits per heavy atom. The molecule has 0 saturated heterocycles. The highest BCUT2D eigenvalue weighted by Crippen LogP contribution is 2.28. The maximum Gasteiger partial charge on any atom is 0.323 e. The largest absolute Gasteiger partial charge is 0.497 e. The van der Waals surface area contributed by atoms with E-state index >= 15 is 0 Å². The first-order chi connectivity index (χ1) is 11.1. The molecule has 0 spiro atoms. The van der Waals surface area contributed by atoms with Crippen molar-refractivity contribution in [3.63, 3.8) is 0 Å². The Labute approximate surface area is 135 Å². The van der Waals surface area contributed by atoms with E-state index in [1.54, 1.807) is 38.6 Å². The molecule has 0 heterocycles. The van der Waals surface area contributed by atoms with Crippen molar-refractivity contribution in [2.75, 3.05) is 19.5 Å². The van der Waals surface area contributed by atoms with E-state index in [1.165, 1.54) is 0 Å². The van der Waals surface area contributed by atoms with Gasteiger partial charge in [-0.15, -0.1) is 0 Å². The van der Waals surface area contributed by atoms with Gasteiger partial charge in [-0.1, -0.05) is 29.8 Å². The molecule has 0 radical (unpaired) electrons. The first kappa shape index (κ1) is 16.4. The SMILES string of the molecule is COc1ccc(OC)c(NC(=O)N/C=C/c2cccc(C)c2)c1. The molecular weight excluding hydrogens is 292 g/mol. The second kappa shape index (κ2) is 7.89. The molecule has 0 unspecified atom stereocenters. The lowest BCUT2D eigenvalue weighted by Gasteiger charge is -2.11. The van der Waals surface area contributed by atoms with Crippen LogP contribution in [0.5, 0.6) is 11.5 Å². The molecule has 0 fully saturated rings. The Morgan fingerprint density at radius 1 is 1.09 bits per heavy atom. The van der Waals surface area contributed by atoms with Crippen molar-refractivity contribution in [2.45, 2.75) is 6.92 Å². The number of amides is 2. The number of aryl methyl sites for hydroxylation is 1. The minimum absolute atomic E-state index is 0.361. The molecule has 2 aromatic carbocycles. The molecule has 5 heteroatoms. The van der Waals surface area contributed by atoms with Gasteiger partial charge in [-0.2, -0.15) is 0 Å². The van der Waals surface area contributed by atoms with Crippen molar-refractivity contribution in [1.29, 1.82) is 0 Å². The van der Waals surface area contributed by atoms with Gasteiger partial charge < -0.3 is 20.1 Å². The summed E-state index contributed by atoms with van der Waals surface area (Å²) >= 11 is 0. The molecule has 0 aromatic heterocycles. The quantitative estimate of drug-likeness (QED) is 0.882. The van der Waals surface area contributed by atoms with Crippen LogP contribution in [0.3, 0.4) is 0 Å². The predicted molar refractivity (Wildman–Crippen MR) is 91.9 cm³/mol. The summed E-state index contributed by atoms with van der Waals surface area (Å²) in [6, 6.07) is 12.8. The first-order valence-corrected chi connectivity index (χ1v) is 7.15. The molecule has 2 rings (SSSR count). The van der Waals surface area contributed by atoms with Crippen molar-refractivity contribution in [1.82, 2.24) is 5.32 Å². The smallest absolute Gasteiger partial charge is 0.323 e. The van der Waals surface area contributed by atoms with Gasteiger partial charge in [0, 0.05) is 12.3 Å². The second-order valence-electron chi connectivity index (χ2n) is 4.91. The number of nitrogens with one attached hydrogen (secondary N) is 2. The number of methoxy groups -OCH3 is 2. The lowest BCUT2D eigenvalue weighted by molar-refractivity contribution is 0.255. The molecule has 0 aliphatic rings. The summed E-state index contributed by atoms with van der Waals surface area (Å²) < 4.78 is 10.4. The molecule has 0 atom stereocenters. The Balaban J connectivity index is 1.99. The number of ether oxygens (including phenoxy) is 2. The summed E-state index contributed by atoms with van der Waals surface area (Å²) in [6.45, 7) is 2.02. The topological polar surface area (TPSA) is 59.6 Å². The number of carbonyl (C=O) groups is 1. The lowest BCUT2D eigenvalue weighted by atomic mass is 10.1. The summed E-state index contributed by atoms with van der Waals surface area (Å²) in [5.41, 5.74) is 2.72. The molecule has 2 amide bonds. The van der Waals surface area contributed by atoms with Gasteiger partial charge in [0.05, 0.1) is 19.9 Å². The molecule has 0 aliphatic carbocycles. The Morgan fingerprint density at radius 3 is 2.61 bits per heavy atom. The minimum Gasteiger partial charge on any atom is -0.497 e. The minimum atomic E-state index is -0.361. The lowest BCUT2D eigenvalue weighted by Crippen LogP contribution is -2.24. The van der Waals surface area contributed by atoms with E-state index in [2.05, 4.69) is 10.6 Å². The number of hydrogen-bond acceptors (Lipinski definition) is 3. The van der Waals surface area contributed by atoms with Crippen LogP contribution in [0.2, 0.25) is 0 Å². The van der Waals surface area contributed by atoms with Crippen LogP contribution in [0.1, 0.15) is 11.1 Å². The molecular formula is C18H20N2O3. The highest BCUT2D eigenvalue weighted by molar-refractivity contribution is 5.92. The fourth-order valence-electron chi connectivity index (χ4n) is 2.06. The van der Waals surface area contributed by atoms with Gasteiger partial charge in [0.25, 0.3) is 0 Å². The number of rotatable bonds is 5. The second-order valence-corrected chi connectivity index (χ2v) is 4.91. The zero-order chi connectivity index (χ0) is 16.7. The third-order valence-electron chi connectivity index (χ3n) is 3.19. The summed E-state index contributed by atoms with van der Waals surface area (Å²) in [7, 11) is 3.11. The fraction of sp³-hybridized carbons (Fsp3) is 0.167. The Bertz CT molecular complexity index is 711. The van der Waals surface area contributed by atoms with Crippen LogP contribution in [-0.2, 0) is 0 Å². The van der Waals surface area contributed by atoms with E-state index in [4.69, 9.17) is 9.47 Å². The zero-order valence-corrected chi connectivity index (χ0v) is 13.4. The molecule has 0 saturated carbocycles. The summed E-state index contributed by atoms with van der Waals surface area (Å²) in [6.07, 6.45) is 3.42. The van der Waals surface area contributed by atoms with E-state index in [0.717, 1.165) is 11.1 Å². The molecule has 23 heavy (non-hydrogen) atoms. The first-order valence-electron chi connectivity index (χ1n) is 7.15.